The lowest BCUT2D eigenvalue weighted by atomic mass is 9.40. The van der Waals surface area contributed by atoms with Crippen LogP contribution in [0.4, 0.5) is 0 Å². The summed E-state index contributed by atoms with van der Waals surface area (Å²) >= 11 is 0. The van der Waals surface area contributed by atoms with Crippen molar-refractivity contribution in [1.82, 2.24) is 0 Å². The molecule has 0 radical (unpaired) electrons. The van der Waals surface area contributed by atoms with E-state index in [1.165, 1.54) is 37.7 Å². The maximum atomic E-state index is 6.50. The van der Waals surface area contributed by atoms with Gasteiger partial charge in [-0.2, -0.15) is 0 Å². The molecule has 140 valence electrons. The fraction of sp³-hybridized carbons (Fsp3) is 0.826. The number of ether oxygens (including phenoxy) is 2. The van der Waals surface area contributed by atoms with Gasteiger partial charge in [-0.25, -0.2) is 0 Å². The molecule has 0 aromatic carbocycles. The average Bonchev–Trinajstić information content (AvgIpc) is 2.52. The lowest BCUT2D eigenvalue weighted by Gasteiger charge is -2.66. The van der Waals surface area contributed by atoms with Gasteiger partial charge in [-0.3, -0.25) is 0 Å². The van der Waals surface area contributed by atoms with Crippen molar-refractivity contribution in [3.63, 3.8) is 0 Å². The Hall–Kier alpha value is -0.760. The average molecular weight is 345 g/mol. The van der Waals surface area contributed by atoms with Crippen LogP contribution in [0.25, 0.3) is 0 Å². The molecule has 1 aliphatic heterocycles. The molecule has 0 N–H and O–H groups in total. The van der Waals surface area contributed by atoms with Gasteiger partial charge in [0.2, 0.25) is 0 Å². The molecule has 2 nitrogen and oxygen atoms in total. The smallest absolute Gasteiger partial charge is 0.117 e. The zero-order valence-electron chi connectivity index (χ0n) is 17.0. The number of hydrogen-bond donors (Lipinski definition) is 0. The van der Waals surface area contributed by atoms with Gasteiger partial charge in [0.1, 0.15) is 5.76 Å². The summed E-state index contributed by atoms with van der Waals surface area (Å²) in [6.45, 7) is 13.4. The minimum Gasteiger partial charge on any atom is -0.497 e. The minimum atomic E-state index is 0.193. The first-order valence-electron chi connectivity index (χ1n) is 10.3. The molecule has 0 aromatic rings. The third-order valence-electron chi connectivity index (χ3n) is 8.76. The van der Waals surface area contributed by atoms with Crippen molar-refractivity contribution in [3.8, 4) is 0 Å². The van der Waals surface area contributed by atoms with Gasteiger partial charge < -0.3 is 9.47 Å². The molecular weight excluding hydrogens is 308 g/mol. The zero-order chi connectivity index (χ0) is 18.0. The predicted octanol–water partition coefficient (Wildman–Crippen LogP) is 5.74. The molecule has 0 spiro atoms. The van der Waals surface area contributed by atoms with Crippen LogP contribution in [0.5, 0.6) is 0 Å². The second-order valence-electron chi connectivity index (χ2n) is 10.4. The molecule has 0 bridgehead atoms. The van der Waals surface area contributed by atoms with Crippen molar-refractivity contribution >= 4 is 0 Å². The van der Waals surface area contributed by atoms with E-state index in [0.717, 1.165) is 18.3 Å². The number of methoxy groups -OCH3 is 1. The molecule has 3 fully saturated rings. The van der Waals surface area contributed by atoms with Crippen LogP contribution in [0, 0.1) is 34.0 Å². The van der Waals surface area contributed by atoms with E-state index in [4.69, 9.17) is 9.47 Å². The molecule has 1 heterocycles. The van der Waals surface area contributed by atoms with E-state index in [-0.39, 0.29) is 6.10 Å². The molecule has 4 rings (SSSR count). The summed E-state index contributed by atoms with van der Waals surface area (Å²) < 4.78 is 12.0. The van der Waals surface area contributed by atoms with Gasteiger partial charge in [-0.05, 0) is 72.8 Å². The molecule has 4 aliphatic rings. The molecule has 25 heavy (non-hydrogen) atoms. The Balaban J connectivity index is 1.72. The number of fused-ring (bicyclic) bond motifs is 5. The lowest BCUT2D eigenvalue weighted by Crippen LogP contribution is -2.62. The number of hydrogen-bond acceptors (Lipinski definition) is 2. The summed E-state index contributed by atoms with van der Waals surface area (Å²) in [6.07, 6.45) is 11.5. The van der Waals surface area contributed by atoms with Crippen LogP contribution in [0.2, 0.25) is 0 Å². The van der Waals surface area contributed by atoms with Crippen molar-refractivity contribution < 1.29 is 9.47 Å². The van der Waals surface area contributed by atoms with E-state index in [1.54, 1.807) is 7.11 Å². The maximum absolute atomic E-state index is 6.50. The summed E-state index contributed by atoms with van der Waals surface area (Å²) in [5, 5.41) is 0. The Morgan fingerprint density at radius 3 is 2.52 bits per heavy atom. The Morgan fingerprint density at radius 2 is 1.80 bits per heavy atom. The molecule has 6 atom stereocenters. The van der Waals surface area contributed by atoms with E-state index in [1.807, 2.05) is 0 Å². The van der Waals surface area contributed by atoms with Crippen molar-refractivity contribution in [1.29, 1.82) is 0 Å². The minimum absolute atomic E-state index is 0.193. The maximum Gasteiger partial charge on any atom is 0.117 e. The normalized spacial score (nSPS) is 48.4. The Labute approximate surface area is 154 Å². The van der Waals surface area contributed by atoms with Gasteiger partial charge in [-0.1, -0.05) is 39.7 Å². The molecule has 2 saturated carbocycles. The predicted molar refractivity (Wildman–Crippen MR) is 102 cm³/mol. The Bertz CT molecular complexity index is 616. The summed E-state index contributed by atoms with van der Waals surface area (Å²) in [5.74, 6) is 2.98. The van der Waals surface area contributed by atoms with Crippen LogP contribution in [-0.2, 0) is 9.47 Å². The van der Waals surface area contributed by atoms with Crippen molar-refractivity contribution in [2.75, 3.05) is 13.7 Å². The second kappa shape index (κ2) is 5.62. The van der Waals surface area contributed by atoms with Crippen LogP contribution in [0.15, 0.2) is 23.5 Å². The molecule has 0 amide bonds. The largest absolute Gasteiger partial charge is 0.497 e. The number of rotatable bonds is 1. The van der Waals surface area contributed by atoms with Crippen molar-refractivity contribution in [2.45, 2.75) is 72.8 Å². The van der Waals surface area contributed by atoms with E-state index in [0.29, 0.717) is 28.1 Å². The van der Waals surface area contributed by atoms with E-state index < -0.39 is 0 Å². The number of allylic oxidation sites excluding steroid dienone is 1. The van der Waals surface area contributed by atoms with Crippen LogP contribution < -0.4 is 0 Å². The van der Waals surface area contributed by atoms with E-state index in [2.05, 4.69) is 46.8 Å². The first-order valence-corrected chi connectivity index (χ1v) is 10.3. The molecule has 2 heteroatoms. The van der Waals surface area contributed by atoms with E-state index >= 15 is 0 Å². The fourth-order valence-electron chi connectivity index (χ4n) is 7.69. The third kappa shape index (κ3) is 2.39. The summed E-state index contributed by atoms with van der Waals surface area (Å²) in [7, 11) is 1.76. The standard InChI is InChI=1S/C23H36O2/c1-15-12-16(24-6)13-17-20(15)23(5)11-8-18-21(2,3)9-7-10-22(18,4)19(23)14-25-17/h12-13,17-20H,7-11,14H2,1-6H3/t17?,18-,19+,20?,22-,23+/m0/s1. The molecule has 2 unspecified atom stereocenters. The first kappa shape index (κ1) is 17.6. The van der Waals surface area contributed by atoms with Crippen molar-refractivity contribution in [3.05, 3.63) is 23.5 Å². The lowest BCUT2D eigenvalue weighted by molar-refractivity contribution is -0.212. The highest BCUT2D eigenvalue weighted by Crippen LogP contribution is 2.68. The highest BCUT2D eigenvalue weighted by atomic mass is 16.5. The second-order valence-corrected chi connectivity index (χ2v) is 10.4. The van der Waals surface area contributed by atoms with Crippen molar-refractivity contribution in [2.24, 2.45) is 34.0 Å². The summed E-state index contributed by atoms with van der Waals surface area (Å²) in [6, 6.07) is 0. The zero-order valence-corrected chi connectivity index (χ0v) is 17.0. The summed E-state index contributed by atoms with van der Waals surface area (Å²) in [4.78, 5) is 0. The van der Waals surface area contributed by atoms with Gasteiger partial charge in [0.15, 0.2) is 0 Å². The Kier molecular flexibility index (Phi) is 3.96. The van der Waals surface area contributed by atoms with Gasteiger partial charge in [-0.15, -0.1) is 0 Å². The molecular formula is C23H36O2. The van der Waals surface area contributed by atoms with Crippen LogP contribution in [-0.4, -0.2) is 19.8 Å². The quantitative estimate of drug-likeness (QED) is 0.604. The summed E-state index contributed by atoms with van der Waals surface area (Å²) in [5.41, 5.74) is 2.70. The molecule has 1 saturated heterocycles. The monoisotopic (exact) mass is 344 g/mol. The molecule has 0 aromatic heterocycles. The van der Waals surface area contributed by atoms with Gasteiger partial charge in [0.25, 0.3) is 0 Å². The SMILES string of the molecule is COC1=CC2OC[C@@H]3[C@@]4(C)CCCC(C)(C)[C@@H]4CC[C@@]3(C)C2C(C)=C1. The van der Waals surface area contributed by atoms with Gasteiger partial charge >= 0.3 is 0 Å². The van der Waals surface area contributed by atoms with E-state index in [9.17, 15) is 0 Å². The Morgan fingerprint density at radius 1 is 1.04 bits per heavy atom. The third-order valence-corrected chi connectivity index (χ3v) is 8.76. The molecule has 3 aliphatic carbocycles. The first-order chi connectivity index (χ1) is 11.7. The van der Waals surface area contributed by atoms with Crippen LogP contribution >= 0.6 is 0 Å². The van der Waals surface area contributed by atoms with Crippen LogP contribution in [0.3, 0.4) is 0 Å². The van der Waals surface area contributed by atoms with Gasteiger partial charge in [0.05, 0.1) is 19.8 Å². The van der Waals surface area contributed by atoms with Gasteiger partial charge in [0, 0.05) is 5.92 Å². The van der Waals surface area contributed by atoms with Crippen LogP contribution in [0.1, 0.15) is 66.7 Å². The highest BCUT2D eigenvalue weighted by molar-refractivity contribution is 5.32. The topological polar surface area (TPSA) is 18.5 Å². The highest BCUT2D eigenvalue weighted by Gasteiger charge is 2.63. The fourth-order valence-corrected chi connectivity index (χ4v) is 7.69.